The zero-order valence-corrected chi connectivity index (χ0v) is 11.9. The lowest BCUT2D eigenvalue weighted by Gasteiger charge is -2.17. The number of hydrogen-bond donors (Lipinski definition) is 0. The van der Waals surface area contributed by atoms with Gasteiger partial charge in [-0.2, -0.15) is 4.98 Å². The van der Waals surface area contributed by atoms with Crippen LogP contribution in [0.5, 0.6) is 0 Å². The SMILES string of the molecule is CCCC1CCN(c2nc(Cl)nc(C)c2[N+](=O)[O-])C1. The Balaban J connectivity index is 2.32. The molecule has 1 atom stereocenters. The van der Waals surface area contributed by atoms with Crippen molar-refractivity contribution in [1.29, 1.82) is 0 Å². The Bertz CT molecular complexity index is 495. The second-order valence-corrected chi connectivity index (χ2v) is 5.23. The van der Waals surface area contributed by atoms with Gasteiger partial charge in [0.05, 0.1) is 4.92 Å². The summed E-state index contributed by atoms with van der Waals surface area (Å²) in [5.41, 5.74) is 0.292. The molecule has 6 nitrogen and oxygen atoms in total. The minimum absolute atomic E-state index is 0.0263. The van der Waals surface area contributed by atoms with Crippen LogP contribution in [0.1, 0.15) is 31.9 Å². The second-order valence-electron chi connectivity index (χ2n) is 4.90. The van der Waals surface area contributed by atoms with Gasteiger partial charge < -0.3 is 4.90 Å². The van der Waals surface area contributed by atoms with Crippen LogP contribution in [0.3, 0.4) is 0 Å². The second kappa shape index (κ2) is 5.69. The molecular formula is C12H17ClN4O2. The lowest BCUT2D eigenvalue weighted by molar-refractivity contribution is -0.385. The molecule has 1 aromatic heterocycles. The number of hydrogen-bond acceptors (Lipinski definition) is 5. The quantitative estimate of drug-likeness (QED) is 0.483. The van der Waals surface area contributed by atoms with Gasteiger partial charge in [-0.3, -0.25) is 10.1 Å². The van der Waals surface area contributed by atoms with E-state index in [4.69, 9.17) is 11.6 Å². The molecule has 7 heteroatoms. The third kappa shape index (κ3) is 2.94. The van der Waals surface area contributed by atoms with Crippen LogP contribution in [-0.4, -0.2) is 28.0 Å². The number of halogens is 1. The molecule has 2 heterocycles. The van der Waals surface area contributed by atoms with Crippen molar-refractivity contribution in [3.05, 3.63) is 21.1 Å². The van der Waals surface area contributed by atoms with Crippen LogP contribution >= 0.6 is 11.6 Å². The molecule has 0 amide bonds. The number of nitrogens with zero attached hydrogens (tertiary/aromatic N) is 4. The predicted molar refractivity (Wildman–Crippen MR) is 73.7 cm³/mol. The molecule has 0 N–H and O–H groups in total. The largest absolute Gasteiger partial charge is 0.350 e. The van der Waals surface area contributed by atoms with E-state index < -0.39 is 4.92 Å². The van der Waals surface area contributed by atoms with Crippen molar-refractivity contribution in [2.24, 2.45) is 5.92 Å². The molecule has 19 heavy (non-hydrogen) atoms. The molecule has 1 aromatic rings. The Labute approximate surface area is 117 Å². The van der Waals surface area contributed by atoms with Crippen molar-refractivity contribution in [2.45, 2.75) is 33.1 Å². The highest BCUT2D eigenvalue weighted by molar-refractivity contribution is 6.28. The Morgan fingerprint density at radius 1 is 1.53 bits per heavy atom. The van der Waals surface area contributed by atoms with Crippen molar-refractivity contribution in [1.82, 2.24) is 9.97 Å². The van der Waals surface area contributed by atoms with Gasteiger partial charge in [0.15, 0.2) is 0 Å². The van der Waals surface area contributed by atoms with Crippen LogP contribution < -0.4 is 4.90 Å². The van der Waals surface area contributed by atoms with E-state index in [0.29, 0.717) is 17.4 Å². The lowest BCUT2D eigenvalue weighted by atomic mass is 10.0. The smallest absolute Gasteiger partial charge is 0.332 e. The summed E-state index contributed by atoms with van der Waals surface area (Å²) in [6.45, 7) is 5.34. The van der Waals surface area contributed by atoms with Gasteiger partial charge in [-0.1, -0.05) is 13.3 Å². The zero-order valence-electron chi connectivity index (χ0n) is 11.1. The molecule has 1 fully saturated rings. The van der Waals surface area contributed by atoms with Crippen LogP contribution in [0.2, 0.25) is 5.28 Å². The molecule has 2 rings (SSSR count). The van der Waals surface area contributed by atoms with Gasteiger partial charge in [0.2, 0.25) is 11.1 Å². The van der Waals surface area contributed by atoms with E-state index in [-0.39, 0.29) is 11.0 Å². The van der Waals surface area contributed by atoms with Gasteiger partial charge in [0, 0.05) is 13.1 Å². The van der Waals surface area contributed by atoms with E-state index in [1.807, 2.05) is 4.90 Å². The van der Waals surface area contributed by atoms with Crippen LogP contribution in [-0.2, 0) is 0 Å². The molecule has 1 aliphatic heterocycles. The molecule has 0 bridgehead atoms. The molecule has 0 radical (unpaired) electrons. The Morgan fingerprint density at radius 3 is 2.89 bits per heavy atom. The van der Waals surface area contributed by atoms with E-state index in [2.05, 4.69) is 16.9 Å². The summed E-state index contributed by atoms with van der Waals surface area (Å²) in [7, 11) is 0. The minimum atomic E-state index is -0.422. The summed E-state index contributed by atoms with van der Waals surface area (Å²) < 4.78 is 0. The van der Waals surface area contributed by atoms with Crippen LogP contribution in [0.15, 0.2) is 0 Å². The number of aromatic nitrogens is 2. The topological polar surface area (TPSA) is 72.2 Å². The first-order valence-corrected chi connectivity index (χ1v) is 6.84. The van der Waals surface area contributed by atoms with E-state index in [0.717, 1.165) is 32.4 Å². The monoisotopic (exact) mass is 284 g/mol. The standard InChI is InChI=1S/C12H17ClN4O2/c1-3-4-9-5-6-16(7-9)11-10(17(18)19)8(2)14-12(13)15-11/h9H,3-7H2,1-2H3. The fourth-order valence-electron chi connectivity index (χ4n) is 2.62. The van der Waals surface area contributed by atoms with E-state index >= 15 is 0 Å². The normalized spacial score (nSPS) is 18.9. The minimum Gasteiger partial charge on any atom is -0.350 e. The van der Waals surface area contributed by atoms with E-state index in [1.54, 1.807) is 6.92 Å². The summed E-state index contributed by atoms with van der Waals surface area (Å²) in [5, 5.41) is 11.2. The zero-order chi connectivity index (χ0) is 14.0. The lowest BCUT2D eigenvalue weighted by Crippen LogP contribution is -2.22. The molecule has 0 spiro atoms. The molecular weight excluding hydrogens is 268 g/mol. The van der Waals surface area contributed by atoms with E-state index in [1.165, 1.54) is 0 Å². The number of aryl methyl sites for hydroxylation is 1. The van der Waals surface area contributed by atoms with E-state index in [9.17, 15) is 10.1 Å². The molecule has 1 aliphatic rings. The molecule has 1 unspecified atom stereocenters. The number of anilines is 1. The fraction of sp³-hybridized carbons (Fsp3) is 0.667. The third-order valence-corrected chi connectivity index (χ3v) is 3.65. The van der Waals surface area contributed by atoms with Crippen LogP contribution in [0, 0.1) is 23.0 Å². The molecule has 0 aliphatic carbocycles. The fourth-order valence-corrected chi connectivity index (χ4v) is 2.83. The highest BCUT2D eigenvalue weighted by atomic mass is 35.5. The van der Waals surface area contributed by atoms with Gasteiger partial charge in [-0.25, -0.2) is 4.98 Å². The Morgan fingerprint density at radius 2 is 2.26 bits per heavy atom. The van der Waals surface area contributed by atoms with Crippen molar-refractivity contribution in [2.75, 3.05) is 18.0 Å². The van der Waals surface area contributed by atoms with Gasteiger partial charge in [-0.15, -0.1) is 0 Å². The van der Waals surface area contributed by atoms with Gasteiger partial charge >= 0.3 is 5.69 Å². The Kier molecular flexibility index (Phi) is 4.19. The van der Waals surface area contributed by atoms with Gasteiger partial charge in [0.25, 0.3) is 0 Å². The highest BCUT2D eigenvalue weighted by Crippen LogP contribution is 2.34. The first kappa shape index (κ1) is 14.0. The predicted octanol–water partition coefficient (Wildman–Crippen LogP) is 2.97. The van der Waals surface area contributed by atoms with Crippen LogP contribution in [0.25, 0.3) is 0 Å². The maximum atomic E-state index is 11.2. The number of rotatable bonds is 4. The Hall–Kier alpha value is -1.43. The van der Waals surface area contributed by atoms with Crippen molar-refractivity contribution < 1.29 is 4.92 Å². The molecule has 0 aromatic carbocycles. The maximum absolute atomic E-state index is 11.2. The maximum Gasteiger partial charge on any atom is 0.332 e. The first-order chi connectivity index (χ1) is 9.02. The van der Waals surface area contributed by atoms with Crippen molar-refractivity contribution in [3.8, 4) is 0 Å². The molecule has 0 saturated carbocycles. The summed E-state index contributed by atoms with van der Waals surface area (Å²) in [4.78, 5) is 20.6. The highest BCUT2D eigenvalue weighted by Gasteiger charge is 2.31. The van der Waals surface area contributed by atoms with Crippen molar-refractivity contribution >= 4 is 23.1 Å². The first-order valence-electron chi connectivity index (χ1n) is 6.46. The third-order valence-electron chi connectivity index (χ3n) is 3.48. The van der Waals surface area contributed by atoms with Gasteiger partial charge in [-0.05, 0) is 37.3 Å². The van der Waals surface area contributed by atoms with Crippen LogP contribution in [0.4, 0.5) is 11.5 Å². The number of nitro groups is 1. The summed E-state index contributed by atoms with van der Waals surface area (Å²) in [6.07, 6.45) is 3.32. The summed E-state index contributed by atoms with van der Waals surface area (Å²) >= 11 is 5.83. The summed E-state index contributed by atoms with van der Waals surface area (Å²) in [5.74, 6) is 0.944. The van der Waals surface area contributed by atoms with Gasteiger partial charge in [0.1, 0.15) is 5.69 Å². The molecule has 104 valence electrons. The summed E-state index contributed by atoms with van der Waals surface area (Å²) in [6, 6.07) is 0. The average Bonchev–Trinajstić information content (AvgIpc) is 2.76. The average molecular weight is 285 g/mol. The molecule has 1 saturated heterocycles. The van der Waals surface area contributed by atoms with Crippen molar-refractivity contribution in [3.63, 3.8) is 0 Å².